The first-order valence-corrected chi connectivity index (χ1v) is 5.60. The Balaban J connectivity index is 3.65. The fraction of sp³-hybridized carbons (Fsp3) is 1.00. The average molecular weight is 192 g/mol. The topological polar surface area (TPSA) is 3.24 Å². The predicted molar refractivity (Wildman–Crippen MR) is 56.9 cm³/mol. The third kappa shape index (κ3) is 5.00. The van der Waals surface area contributed by atoms with E-state index in [0.29, 0.717) is 0 Å². The van der Waals surface area contributed by atoms with Gasteiger partial charge in [-0.1, -0.05) is 33.6 Å². The van der Waals surface area contributed by atoms with E-state index in [-0.39, 0.29) is 0 Å². The van der Waals surface area contributed by atoms with Crippen LogP contribution in [0.4, 0.5) is 0 Å². The van der Waals surface area contributed by atoms with E-state index in [4.69, 9.17) is 11.6 Å². The first kappa shape index (κ1) is 12.2. The molecule has 0 amide bonds. The summed E-state index contributed by atoms with van der Waals surface area (Å²) in [6.07, 6.45) is 2.57. The first-order chi connectivity index (χ1) is 5.78. The summed E-state index contributed by atoms with van der Waals surface area (Å²) < 4.78 is 0. The van der Waals surface area contributed by atoms with Gasteiger partial charge in [0.05, 0.1) is 0 Å². The maximum absolute atomic E-state index is 5.70. The number of nitrogens with zero attached hydrogens (tertiary/aromatic N) is 1. The summed E-state index contributed by atoms with van der Waals surface area (Å²) in [6, 6.07) is 0. The maximum Gasteiger partial charge on any atom is 0.0351 e. The third-order valence-electron chi connectivity index (χ3n) is 2.52. The van der Waals surface area contributed by atoms with E-state index in [1.807, 2.05) is 0 Å². The number of rotatable bonds is 7. The quantitative estimate of drug-likeness (QED) is 0.560. The second-order valence-electron chi connectivity index (χ2n) is 3.26. The largest absolute Gasteiger partial charge is 0.302 e. The molecule has 0 heterocycles. The lowest BCUT2D eigenvalue weighted by molar-refractivity contribution is 0.246. The molecule has 0 rings (SSSR count). The van der Waals surface area contributed by atoms with E-state index in [1.54, 1.807) is 0 Å². The number of alkyl halides is 1. The molecule has 0 aromatic rings. The van der Waals surface area contributed by atoms with Gasteiger partial charge in [0, 0.05) is 19.0 Å². The molecule has 0 spiro atoms. The van der Waals surface area contributed by atoms with Crippen LogP contribution < -0.4 is 0 Å². The second kappa shape index (κ2) is 7.88. The Morgan fingerprint density at radius 2 is 1.75 bits per heavy atom. The van der Waals surface area contributed by atoms with Crippen LogP contribution in [0.25, 0.3) is 0 Å². The van der Waals surface area contributed by atoms with Crippen molar-refractivity contribution < 1.29 is 0 Å². The molecule has 0 bridgehead atoms. The van der Waals surface area contributed by atoms with Gasteiger partial charge in [-0.2, -0.15) is 0 Å². The summed E-state index contributed by atoms with van der Waals surface area (Å²) >= 11 is 5.70. The highest BCUT2D eigenvalue weighted by molar-refractivity contribution is 6.18. The molecule has 0 atom stereocenters. The van der Waals surface area contributed by atoms with E-state index >= 15 is 0 Å². The molecule has 0 N–H and O–H groups in total. The van der Waals surface area contributed by atoms with Gasteiger partial charge in [-0.05, 0) is 12.5 Å². The zero-order valence-corrected chi connectivity index (χ0v) is 9.40. The molecule has 0 aliphatic carbocycles. The molecule has 0 unspecified atom stereocenters. The Bertz CT molecular complexity index is 91.8. The summed E-state index contributed by atoms with van der Waals surface area (Å²) in [4.78, 5) is 2.44. The minimum Gasteiger partial charge on any atom is -0.302 e. The van der Waals surface area contributed by atoms with Crippen LogP contribution in [0.1, 0.15) is 33.6 Å². The summed E-state index contributed by atoms with van der Waals surface area (Å²) in [5.41, 5.74) is 0. The molecule has 0 aromatic carbocycles. The summed E-state index contributed by atoms with van der Waals surface area (Å²) in [6.45, 7) is 10.1. The van der Waals surface area contributed by atoms with Crippen molar-refractivity contribution in [3.8, 4) is 0 Å². The van der Waals surface area contributed by atoms with E-state index in [1.165, 1.54) is 19.4 Å². The van der Waals surface area contributed by atoms with Gasteiger partial charge in [0.1, 0.15) is 0 Å². The minimum atomic E-state index is 0.758. The zero-order chi connectivity index (χ0) is 9.40. The van der Waals surface area contributed by atoms with Crippen molar-refractivity contribution in [2.45, 2.75) is 33.6 Å². The van der Waals surface area contributed by atoms with Crippen LogP contribution in [0.2, 0.25) is 0 Å². The normalized spacial score (nSPS) is 11.5. The van der Waals surface area contributed by atoms with Gasteiger partial charge in [-0.3, -0.25) is 0 Å². The average Bonchev–Trinajstić information content (AvgIpc) is 2.12. The Kier molecular flexibility index (Phi) is 8.04. The molecule has 1 nitrogen and oxygen atoms in total. The van der Waals surface area contributed by atoms with Crippen molar-refractivity contribution in [1.82, 2.24) is 4.90 Å². The van der Waals surface area contributed by atoms with Crippen molar-refractivity contribution in [3.63, 3.8) is 0 Å². The Labute approximate surface area is 82.1 Å². The molecule has 0 radical (unpaired) electrons. The summed E-state index contributed by atoms with van der Waals surface area (Å²) in [7, 11) is 0. The van der Waals surface area contributed by atoms with Gasteiger partial charge in [-0.15, -0.1) is 11.6 Å². The van der Waals surface area contributed by atoms with Gasteiger partial charge in [-0.25, -0.2) is 0 Å². The molecular formula is C10H22ClN. The maximum atomic E-state index is 5.70. The SMILES string of the molecule is CCC(CC)CN(CC)CCCl. The Morgan fingerprint density at radius 3 is 2.08 bits per heavy atom. The van der Waals surface area contributed by atoms with Gasteiger partial charge >= 0.3 is 0 Å². The molecule has 0 saturated carbocycles. The molecule has 12 heavy (non-hydrogen) atoms. The Hall–Kier alpha value is 0.250. The number of hydrogen-bond acceptors (Lipinski definition) is 1. The zero-order valence-electron chi connectivity index (χ0n) is 8.65. The van der Waals surface area contributed by atoms with Crippen LogP contribution in [0.5, 0.6) is 0 Å². The monoisotopic (exact) mass is 191 g/mol. The Morgan fingerprint density at radius 1 is 1.17 bits per heavy atom. The minimum absolute atomic E-state index is 0.758. The van der Waals surface area contributed by atoms with E-state index < -0.39 is 0 Å². The molecular weight excluding hydrogens is 170 g/mol. The molecule has 0 saturated heterocycles. The van der Waals surface area contributed by atoms with Crippen molar-refractivity contribution in [1.29, 1.82) is 0 Å². The first-order valence-electron chi connectivity index (χ1n) is 5.06. The predicted octanol–water partition coefficient (Wildman–Crippen LogP) is 2.98. The van der Waals surface area contributed by atoms with Crippen LogP contribution in [-0.4, -0.2) is 30.4 Å². The summed E-state index contributed by atoms with van der Waals surface area (Å²) in [5, 5.41) is 0. The van der Waals surface area contributed by atoms with Crippen molar-refractivity contribution in [2.75, 3.05) is 25.5 Å². The van der Waals surface area contributed by atoms with Crippen LogP contribution in [0, 0.1) is 5.92 Å². The van der Waals surface area contributed by atoms with Gasteiger partial charge in [0.2, 0.25) is 0 Å². The van der Waals surface area contributed by atoms with Gasteiger partial charge < -0.3 is 4.90 Å². The highest BCUT2D eigenvalue weighted by Crippen LogP contribution is 2.09. The van der Waals surface area contributed by atoms with Crippen molar-refractivity contribution >= 4 is 11.6 Å². The lowest BCUT2D eigenvalue weighted by Gasteiger charge is -2.24. The van der Waals surface area contributed by atoms with Crippen LogP contribution in [-0.2, 0) is 0 Å². The van der Waals surface area contributed by atoms with Crippen LogP contribution in [0.15, 0.2) is 0 Å². The fourth-order valence-corrected chi connectivity index (χ4v) is 1.65. The van der Waals surface area contributed by atoms with Crippen molar-refractivity contribution in [3.05, 3.63) is 0 Å². The lowest BCUT2D eigenvalue weighted by Crippen LogP contribution is -2.30. The highest BCUT2D eigenvalue weighted by Gasteiger charge is 2.08. The van der Waals surface area contributed by atoms with Crippen LogP contribution in [0.3, 0.4) is 0 Å². The highest BCUT2D eigenvalue weighted by atomic mass is 35.5. The van der Waals surface area contributed by atoms with Crippen LogP contribution >= 0.6 is 11.6 Å². The standard InChI is InChI=1S/C10H22ClN/c1-4-10(5-2)9-12(6-3)8-7-11/h10H,4-9H2,1-3H3. The molecule has 0 aliphatic rings. The van der Waals surface area contributed by atoms with Gasteiger partial charge in [0.25, 0.3) is 0 Å². The smallest absolute Gasteiger partial charge is 0.0351 e. The van der Waals surface area contributed by atoms with E-state index in [9.17, 15) is 0 Å². The second-order valence-corrected chi connectivity index (χ2v) is 3.64. The molecule has 0 aliphatic heterocycles. The molecule has 74 valence electrons. The van der Waals surface area contributed by atoms with Crippen molar-refractivity contribution in [2.24, 2.45) is 5.92 Å². The molecule has 0 aromatic heterocycles. The fourth-order valence-electron chi connectivity index (χ4n) is 1.41. The summed E-state index contributed by atoms with van der Waals surface area (Å²) in [5.74, 6) is 1.61. The number of hydrogen-bond donors (Lipinski definition) is 0. The molecule has 2 heteroatoms. The third-order valence-corrected chi connectivity index (χ3v) is 2.69. The van der Waals surface area contributed by atoms with E-state index in [2.05, 4.69) is 25.7 Å². The molecule has 0 fully saturated rings. The van der Waals surface area contributed by atoms with E-state index in [0.717, 1.165) is 24.9 Å². The number of halogens is 1. The van der Waals surface area contributed by atoms with Gasteiger partial charge in [0.15, 0.2) is 0 Å². The lowest BCUT2D eigenvalue weighted by atomic mass is 10.0.